The Balaban J connectivity index is 1.36. The van der Waals surface area contributed by atoms with E-state index in [0.29, 0.717) is 30.0 Å². The number of fused-ring (bicyclic) bond motifs is 1. The molecule has 1 aromatic heterocycles. The van der Waals surface area contributed by atoms with Crippen LogP contribution in [0, 0.1) is 13.8 Å². The van der Waals surface area contributed by atoms with Crippen LogP contribution in [0.5, 0.6) is 11.5 Å². The van der Waals surface area contributed by atoms with Gasteiger partial charge in [-0.1, -0.05) is 0 Å². The summed E-state index contributed by atoms with van der Waals surface area (Å²) >= 11 is 0. The van der Waals surface area contributed by atoms with Crippen LogP contribution in [0.2, 0.25) is 0 Å². The van der Waals surface area contributed by atoms with E-state index < -0.39 is 9.84 Å². The maximum absolute atomic E-state index is 12.6. The van der Waals surface area contributed by atoms with E-state index in [0.717, 1.165) is 17.0 Å². The van der Waals surface area contributed by atoms with Crippen molar-refractivity contribution in [2.24, 2.45) is 0 Å². The van der Waals surface area contributed by atoms with Crippen molar-refractivity contribution >= 4 is 21.7 Å². The number of rotatable bonds is 6. The first-order chi connectivity index (χ1) is 15.1. The standard InChI is InChI=1S/C21H26N4O6S/c1-13-17(14(2)25(23-13)16-6-7-32(28,29)11-16)10-24(3)20(26)9-22-21(27)15-4-5-18-19(8-15)31-12-30-18/h4-5,8,16H,6-7,9-12H2,1-3H3,(H,22,27). The van der Waals surface area contributed by atoms with Crippen molar-refractivity contribution in [2.45, 2.75) is 32.9 Å². The normalized spacial score (nSPS) is 18.5. The number of benzene rings is 1. The number of nitrogens with one attached hydrogen (secondary N) is 1. The predicted molar refractivity (Wildman–Crippen MR) is 115 cm³/mol. The summed E-state index contributed by atoms with van der Waals surface area (Å²) in [5, 5.41) is 7.17. The number of aryl methyl sites for hydroxylation is 1. The molecule has 2 aliphatic rings. The van der Waals surface area contributed by atoms with Gasteiger partial charge in [0.1, 0.15) is 0 Å². The number of likely N-dealkylation sites (N-methyl/N-ethyl adjacent to an activating group) is 1. The Labute approximate surface area is 186 Å². The van der Waals surface area contributed by atoms with Crippen molar-refractivity contribution in [1.82, 2.24) is 20.0 Å². The fourth-order valence-corrected chi connectivity index (χ4v) is 5.70. The summed E-state index contributed by atoms with van der Waals surface area (Å²) in [4.78, 5) is 26.5. The largest absolute Gasteiger partial charge is 0.454 e. The molecule has 0 radical (unpaired) electrons. The number of hydrogen-bond donors (Lipinski definition) is 1. The van der Waals surface area contributed by atoms with E-state index in [9.17, 15) is 18.0 Å². The van der Waals surface area contributed by atoms with Gasteiger partial charge < -0.3 is 19.7 Å². The van der Waals surface area contributed by atoms with Gasteiger partial charge in [-0.3, -0.25) is 14.3 Å². The van der Waals surface area contributed by atoms with Crippen LogP contribution < -0.4 is 14.8 Å². The van der Waals surface area contributed by atoms with Gasteiger partial charge in [0.25, 0.3) is 5.91 Å². The van der Waals surface area contributed by atoms with Gasteiger partial charge in [-0.2, -0.15) is 5.10 Å². The second-order valence-electron chi connectivity index (χ2n) is 8.15. The molecule has 172 valence electrons. The topological polar surface area (TPSA) is 120 Å². The van der Waals surface area contributed by atoms with Crippen LogP contribution >= 0.6 is 0 Å². The number of carbonyl (C=O) groups excluding carboxylic acids is 2. The summed E-state index contributed by atoms with van der Waals surface area (Å²) in [6.45, 7) is 4.02. The van der Waals surface area contributed by atoms with Gasteiger partial charge in [-0.05, 0) is 38.5 Å². The minimum Gasteiger partial charge on any atom is -0.454 e. The van der Waals surface area contributed by atoms with Crippen molar-refractivity contribution in [3.8, 4) is 11.5 Å². The maximum atomic E-state index is 12.6. The average Bonchev–Trinajstić information content (AvgIpc) is 3.44. The van der Waals surface area contributed by atoms with E-state index in [-0.39, 0.29) is 42.7 Å². The quantitative estimate of drug-likeness (QED) is 0.679. The van der Waals surface area contributed by atoms with Gasteiger partial charge in [-0.15, -0.1) is 0 Å². The predicted octanol–water partition coefficient (Wildman–Crippen LogP) is 0.977. The lowest BCUT2D eigenvalue weighted by molar-refractivity contribution is -0.129. The van der Waals surface area contributed by atoms with Crippen LogP contribution in [0.1, 0.15) is 39.8 Å². The molecule has 4 rings (SSSR count). The Morgan fingerprint density at radius 1 is 1.25 bits per heavy atom. The summed E-state index contributed by atoms with van der Waals surface area (Å²) in [7, 11) is -1.36. The molecule has 1 atom stereocenters. The van der Waals surface area contributed by atoms with Crippen molar-refractivity contribution in [2.75, 3.05) is 31.9 Å². The van der Waals surface area contributed by atoms with E-state index >= 15 is 0 Å². The van der Waals surface area contributed by atoms with Gasteiger partial charge in [0.05, 0.1) is 29.8 Å². The third kappa shape index (κ3) is 4.43. The van der Waals surface area contributed by atoms with Gasteiger partial charge in [0, 0.05) is 30.4 Å². The molecule has 2 aromatic rings. The molecule has 1 unspecified atom stereocenters. The highest BCUT2D eigenvalue weighted by atomic mass is 32.2. The summed E-state index contributed by atoms with van der Waals surface area (Å²) in [5.74, 6) is 0.710. The highest BCUT2D eigenvalue weighted by Crippen LogP contribution is 2.32. The number of nitrogens with zero attached hydrogens (tertiary/aromatic N) is 3. The van der Waals surface area contributed by atoms with Gasteiger partial charge in [0.15, 0.2) is 21.3 Å². The number of ether oxygens (including phenoxy) is 2. The molecule has 0 spiro atoms. The Kier molecular flexibility index (Phi) is 5.85. The van der Waals surface area contributed by atoms with E-state index in [1.807, 2.05) is 13.8 Å². The van der Waals surface area contributed by atoms with Gasteiger partial charge in [0.2, 0.25) is 12.7 Å². The minimum atomic E-state index is -3.02. The van der Waals surface area contributed by atoms with Crippen LogP contribution in [-0.2, 0) is 21.2 Å². The Morgan fingerprint density at radius 2 is 2.00 bits per heavy atom. The third-order valence-corrected chi connectivity index (χ3v) is 7.64. The molecule has 1 aromatic carbocycles. The fourth-order valence-electron chi connectivity index (χ4n) is 4.01. The summed E-state index contributed by atoms with van der Waals surface area (Å²) < 4.78 is 35.9. The number of aromatic nitrogens is 2. The Bertz CT molecular complexity index is 1170. The molecular weight excluding hydrogens is 436 g/mol. The van der Waals surface area contributed by atoms with Crippen LogP contribution in [0.4, 0.5) is 0 Å². The second-order valence-corrected chi connectivity index (χ2v) is 10.4. The van der Waals surface area contributed by atoms with Crippen LogP contribution in [0.15, 0.2) is 18.2 Å². The molecule has 0 saturated carbocycles. The molecule has 11 heteroatoms. The molecule has 3 heterocycles. The molecule has 1 N–H and O–H groups in total. The lowest BCUT2D eigenvalue weighted by Crippen LogP contribution is -2.38. The van der Waals surface area contributed by atoms with E-state index in [1.165, 1.54) is 4.90 Å². The number of sulfone groups is 1. The number of hydrogen-bond acceptors (Lipinski definition) is 7. The first-order valence-corrected chi connectivity index (χ1v) is 12.1. The van der Waals surface area contributed by atoms with Crippen molar-refractivity contribution in [3.05, 3.63) is 40.7 Å². The highest BCUT2D eigenvalue weighted by Gasteiger charge is 2.31. The summed E-state index contributed by atoms with van der Waals surface area (Å²) in [6, 6.07) is 4.68. The first-order valence-electron chi connectivity index (χ1n) is 10.3. The zero-order chi connectivity index (χ0) is 23.0. The highest BCUT2D eigenvalue weighted by molar-refractivity contribution is 7.91. The summed E-state index contributed by atoms with van der Waals surface area (Å²) in [5.41, 5.74) is 2.88. The number of amides is 2. The van der Waals surface area contributed by atoms with Crippen LogP contribution in [-0.4, -0.2) is 66.8 Å². The average molecular weight is 463 g/mol. The minimum absolute atomic E-state index is 0.0923. The van der Waals surface area contributed by atoms with Crippen molar-refractivity contribution < 1.29 is 27.5 Å². The molecule has 1 saturated heterocycles. The smallest absolute Gasteiger partial charge is 0.251 e. The zero-order valence-corrected chi connectivity index (χ0v) is 19.1. The Hall–Kier alpha value is -3.08. The van der Waals surface area contributed by atoms with Gasteiger partial charge in [-0.25, -0.2) is 8.42 Å². The lowest BCUT2D eigenvalue weighted by Gasteiger charge is -2.18. The molecule has 2 aliphatic heterocycles. The molecule has 0 aliphatic carbocycles. The SMILES string of the molecule is Cc1nn(C2CCS(=O)(=O)C2)c(C)c1CN(C)C(=O)CNC(=O)c1ccc2c(c1)OCO2. The second kappa shape index (κ2) is 8.45. The molecule has 2 amide bonds. The number of carbonyl (C=O) groups is 2. The van der Waals surface area contributed by atoms with E-state index in [2.05, 4.69) is 10.4 Å². The maximum Gasteiger partial charge on any atom is 0.251 e. The van der Waals surface area contributed by atoms with Crippen LogP contribution in [0.25, 0.3) is 0 Å². The fraction of sp³-hybridized carbons (Fsp3) is 0.476. The first kappa shape index (κ1) is 22.1. The van der Waals surface area contributed by atoms with Crippen LogP contribution in [0.3, 0.4) is 0 Å². The third-order valence-electron chi connectivity index (χ3n) is 5.89. The van der Waals surface area contributed by atoms with E-state index in [4.69, 9.17) is 9.47 Å². The molecule has 10 nitrogen and oxygen atoms in total. The van der Waals surface area contributed by atoms with E-state index in [1.54, 1.807) is 29.9 Å². The van der Waals surface area contributed by atoms with Gasteiger partial charge >= 0.3 is 0 Å². The van der Waals surface area contributed by atoms with Crippen molar-refractivity contribution in [3.63, 3.8) is 0 Å². The molecule has 1 fully saturated rings. The monoisotopic (exact) mass is 462 g/mol. The molecular formula is C21H26N4O6S. The lowest BCUT2D eigenvalue weighted by atomic mass is 10.1. The zero-order valence-electron chi connectivity index (χ0n) is 18.3. The van der Waals surface area contributed by atoms with Crippen molar-refractivity contribution in [1.29, 1.82) is 0 Å². The Morgan fingerprint density at radius 3 is 2.72 bits per heavy atom. The summed E-state index contributed by atoms with van der Waals surface area (Å²) in [6.07, 6.45) is 0.546. The molecule has 32 heavy (non-hydrogen) atoms. The molecule has 0 bridgehead atoms.